The van der Waals surface area contributed by atoms with Gasteiger partial charge < -0.3 is 4.90 Å². The Bertz CT molecular complexity index is 1130. The van der Waals surface area contributed by atoms with E-state index in [-0.39, 0.29) is 5.91 Å². The van der Waals surface area contributed by atoms with E-state index in [4.69, 9.17) is 28.3 Å². The van der Waals surface area contributed by atoms with Crippen LogP contribution in [0.1, 0.15) is 70.9 Å². The number of benzene rings is 2. The molecule has 0 N–H and O–H groups in total. The van der Waals surface area contributed by atoms with Crippen molar-refractivity contribution < 1.29 is 4.79 Å². The Kier molecular flexibility index (Phi) is 6.49. The van der Waals surface area contributed by atoms with Gasteiger partial charge in [0.05, 0.1) is 6.54 Å². The maximum Gasteiger partial charge on any atom is 0.274 e. The molecule has 3 aromatic rings. The Hall–Kier alpha value is -2.30. The molecule has 0 saturated heterocycles. The summed E-state index contributed by atoms with van der Waals surface area (Å²) in [6, 6.07) is 16.4. The quantitative estimate of drug-likeness (QED) is 0.375. The first-order chi connectivity index (χ1) is 16.0. The van der Waals surface area contributed by atoms with E-state index in [0.29, 0.717) is 24.2 Å². The van der Waals surface area contributed by atoms with Crippen LogP contribution in [-0.4, -0.2) is 33.7 Å². The molecule has 0 radical (unpaired) electrons. The highest BCUT2D eigenvalue weighted by atomic mass is 35.5. The second-order valence-electron chi connectivity index (χ2n) is 9.42. The molecule has 0 aliphatic heterocycles. The molecule has 1 amide bonds. The van der Waals surface area contributed by atoms with Gasteiger partial charge in [0.2, 0.25) is 0 Å². The molecule has 1 unspecified atom stereocenters. The third-order valence-corrected chi connectivity index (χ3v) is 7.47. The number of carbonyl (C=O) groups excluding carboxylic acids is 1. The predicted molar refractivity (Wildman–Crippen MR) is 133 cm³/mol. The molecule has 2 aromatic carbocycles. The molecule has 0 spiro atoms. The molecular weight excluding hydrogens is 453 g/mol. The second-order valence-corrected chi connectivity index (χ2v) is 10.3. The lowest BCUT2D eigenvalue weighted by Gasteiger charge is -2.19. The summed E-state index contributed by atoms with van der Waals surface area (Å²) in [5.41, 5.74) is 5.42. The van der Waals surface area contributed by atoms with Crippen LogP contribution in [0.25, 0.3) is 0 Å². The largest absolute Gasteiger partial charge is 0.337 e. The summed E-state index contributed by atoms with van der Waals surface area (Å²) in [5.74, 6) is 0.381. The normalized spacial score (nSPS) is 18.0. The Morgan fingerprint density at radius 3 is 2.24 bits per heavy atom. The zero-order valence-corrected chi connectivity index (χ0v) is 20.4. The molecule has 172 valence electrons. The molecule has 1 saturated carbocycles. The molecule has 0 bridgehead atoms. The highest BCUT2D eigenvalue weighted by Crippen LogP contribution is 2.37. The van der Waals surface area contributed by atoms with Crippen molar-refractivity contribution in [2.75, 3.05) is 7.05 Å². The minimum Gasteiger partial charge on any atom is -0.337 e. The summed E-state index contributed by atoms with van der Waals surface area (Å²) in [4.78, 5) is 15.3. The molecule has 1 fully saturated rings. The van der Waals surface area contributed by atoms with Gasteiger partial charge in [-0.05, 0) is 73.9 Å². The van der Waals surface area contributed by atoms with Gasteiger partial charge in [-0.25, -0.2) is 0 Å². The van der Waals surface area contributed by atoms with Crippen LogP contribution in [0.15, 0.2) is 48.5 Å². The number of rotatable bonds is 6. The van der Waals surface area contributed by atoms with E-state index in [1.807, 2.05) is 48.3 Å². The Morgan fingerprint density at radius 2 is 1.61 bits per heavy atom. The van der Waals surface area contributed by atoms with Crippen molar-refractivity contribution in [3.8, 4) is 0 Å². The van der Waals surface area contributed by atoms with Gasteiger partial charge >= 0.3 is 0 Å². The summed E-state index contributed by atoms with van der Waals surface area (Å²) in [7, 11) is 1.92. The average Bonchev–Trinajstić information content (AvgIpc) is 3.63. The van der Waals surface area contributed by atoms with Crippen LogP contribution in [-0.2, 0) is 19.4 Å². The monoisotopic (exact) mass is 481 g/mol. The Labute approximate surface area is 205 Å². The highest BCUT2D eigenvalue weighted by molar-refractivity contribution is 6.30. The van der Waals surface area contributed by atoms with Gasteiger partial charge in [-0.15, -0.1) is 0 Å². The summed E-state index contributed by atoms with van der Waals surface area (Å²) in [6.07, 6.45) is 7.34. The number of fused-ring (bicyclic) bond motifs is 1. The fourth-order valence-electron chi connectivity index (χ4n) is 5.00. The number of carbonyl (C=O) groups is 1. The lowest BCUT2D eigenvalue weighted by atomic mass is 9.91. The molecule has 1 aromatic heterocycles. The number of hydrogen-bond donors (Lipinski definition) is 0. The minimum absolute atomic E-state index is 0.0655. The molecule has 5 rings (SSSR count). The van der Waals surface area contributed by atoms with Crippen molar-refractivity contribution in [2.45, 2.75) is 63.5 Å². The number of nitrogens with zero attached hydrogens (tertiary/aromatic N) is 3. The fourth-order valence-corrected chi connectivity index (χ4v) is 5.25. The second kappa shape index (κ2) is 9.52. The Balaban J connectivity index is 1.55. The molecule has 2 aliphatic rings. The fraction of sp³-hybridized carbons (Fsp3) is 0.407. The number of aromatic nitrogens is 2. The molecule has 2 aliphatic carbocycles. The van der Waals surface area contributed by atoms with Crippen molar-refractivity contribution in [2.24, 2.45) is 0 Å². The smallest absolute Gasteiger partial charge is 0.274 e. The van der Waals surface area contributed by atoms with Crippen molar-refractivity contribution in [3.05, 3.63) is 86.7 Å². The lowest BCUT2D eigenvalue weighted by molar-refractivity contribution is 0.0777. The molecule has 1 atom stereocenters. The van der Waals surface area contributed by atoms with Crippen LogP contribution in [0.5, 0.6) is 0 Å². The number of hydrogen-bond acceptors (Lipinski definition) is 2. The number of halogens is 2. The van der Waals surface area contributed by atoms with Crippen molar-refractivity contribution >= 4 is 29.1 Å². The summed E-state index contributed by atoms with van der Waals surface area (Å²) < 4.78 is 2.10. The van der Waals surface area contributed by atoms with Crippen molar-refractivity contribution in [3.63, 3.8) is 0 Å². The topological polar surface area (TPSA) is 38.1 Å². The van der Waals surface area contributed by atoms with E-state index in [2.05, 4.69) is 16.8 Å². The average molecular weight is 482 g/mol. The van der Waals surface area contributed by atoms with Crippen molar-refractivity contribution in [1.29, 1.82) is 0 Å². The first-order valence-electron chi connectivity index (χ1n) is 11.8. The first-order valence-corrected chi connectivity index (χ1v) is 12.6. The van der Waals surface area contributed by atoms with Gasteiger partial charge in [0.25, 0.3) is 5.91 Å². The van der Waals surface area contributed by atoms with Gasteiger partial charge in [0.1, 0.15) is 0 Å². The van der Waals surface area contributed by atoms with Crippen LogP contribution in [0.4, 0.5) is 0 Å². The van der Waals surface area contributed by atoms with Crippen LogP contribution in [0.3, 0.4) is 0 Å². The summed E-state index contributed by atoms with van der Waals surface area (Å²) in [5, 5.41) is 6.44. The van der Waals surface area contributed by atoms with Gasteiger partial charge in [-0.3, -0.25) is 9.48 Å². The van der Waals surface area contributed by atoms with Crippen LogP contribution in [0, 0.1) is 0 Å². The molecule has 33 heavy (non-hydrogen) atoms. The van der Waals surface area contributed by atoms with Gasteiger partial charge in [-0.2, -0.15) is 5.10 Å². The van der Waals surface area contributed by atoms with E-state index in [9.17, 15) is 4.79 Å². The predicted octanol–water partition coefficient (Wildman–Crippen LogP) is 6.53. The summed E-state index contributed by atoms with van der Waals surface area (Å²) >= 11 is 12.2. The zero-order chi connectivity index (χ0) is 22.9. The third-order valence-electron chi connectivity index (χ3n) is 6.97. The molecule has 6 heteroatoms. The molecule has 4 nitrogen and oxygen atoms in total. The van der Waals surface area contributed by atoms with E-state index in [1.54, 1.807) is 0 Å². The zero-order valence-electron chi connectivity index (χ0n) is 18.9. The van der Waals surface area contributed by atoms with Crippen LogP contribution < -0.4 is 0 Å². The van der Waals surface area contributed by atoms with E-state index < -0.39 is 0 Å². The van der Waals surface area contributed by atoms with Gasteiger partial charge in [0, 0.05) is 40.3 Å². The first kappa shape index (κ1) is 22.5. The van der Waals surface area contributed by atoms with Crippen molar-refractivity contribution in [1.82, 2.24) is 14.7 Å². The van der Waals surface area contributed by atoms with Gasteiger partial charge in [-0.1, -0.05) is 53.9 Å². The van der Waals surface area contributed by atoms with E-state index in [1.165, 1.54) is 11.3 Å². The van der Waals surface area contributed by atoms with Crippen LogP contribution >= 0.6 is 23.2 Å². The molecular formula is C27H29Cl2N3O. The standard InChI is InChI=1S/C27H29Cl2N3O/c1-31(23-14-15-23)27(33)25-24-5-3-2-4-20(16-18-6-10-21(28)11-7-18)26(24)32(30-25)17-19-8-12-22(29)13-9-19/h6-13,20,23H,2-5,14-17H2,1H3. The SMILES string of the molecule is CN(C(=O)c1nn(Cc2ccc(Cl)cc2)c2c1CCCCC2Cc1ccc(Cl)cc1)C1CC1. The third kappa shape index (κ3) is 4.97. The lowest BCUT2D eigenvalue weighted by Crippen LogP contribution is -2.30. The minimum atomic E-state index is 0.0655. The number of amides is 1. The van der Waals surface area contributed by atoms with E-state index >= 15 is 0 Å². The maximum atomic E-state index is 13.4. The maximum absolute atomic E-state index is 13.4. The van der Waals surface area contributed by atoms with Crippen LogP contribution in [0.2, 0.25) is 10.0 Å². The van der Waals surface area contributed by atoms with Gasteiger partial charge in [0.15, 0.2) is 5.69 Å². The Morgan fingerprint density at radius 1 is 0.970 bits per heavy atom. The summed E-state index contributed by atoms with van der Waals surface area (Å²) in [6.45, 7) is 0.636. The molecule has 1 heterocycles. The highest BCUT2D eigenvalue weighted by Gasteiger charge is 2.35. The van der Waals surface area contributed by atoms with E-state index in [0.717, 1.165) is 66.1 Å².